The summed E-state index contributed by atoms with van der Waals surface area (Å²) in [4.78, 5) is 23.2. The van der Waals surface area contributed by atoms with Crippen LogP contribution < -0.4 is 0 Å². The molecule has 4 atom stereocenters. The van der Waals surface area contributed by atoms with Crippen molar-refractivity contribution >= 4 is 20.1 Å². The molecule has 0 aromatic rings. The van der Waals surface area contributed by atoms with E-state index in [4.69, 9.17) is 9.53 Å². The van der Waals surface area contributed by atoms with Crippen molar-refractivity contribution in [2.24, 2.45) is 17.8 Å². The van der Waals surface area contributed by atoms with Gasteiger partial charge in [-0.1, -0.05) is 59.6 Å². The van der Waals surface area contributed by atoms with Crippen molar-refractivity contribution in [1.82, 2.24) is 0 Å². The number of carboxylic acid groups (broad SMARTS) is 1. The number of ketones is 1. The van der Waals surface area contributed by atoms with Gasteiger partial charge in [0.1, 0.15) is 11.9 Å². The van der Waals surface area contributed by atoms with Gasteiger partial charge in [0.15, 0.2) is 8.32 Å². The van der Waals surface area contributed by atoms with Crippen molar-refractivity contribution in [2.45, 2.75) is 129 Å². The van der Waals surface area contributed by atoms with Gasteiger partial charge >= 0.3 is 5.97 Å². The molecule has 0 amide bonds. The molecule has 0 saturated heterocycles. The van der Waals surface area contributed by atoms with Crippen LogP contribution in [0.15, 0.2) is 12.2 Å². The Morgan fingerprint density at radius 1 is 1.24 bits per heavy atom. The van der Waals surface area contributed by atoms with Gasteiger partial charge in [0.2, 0.25) is 0 Å². The van der Waals surface area contributed by atoms with Gasteiger partial charge in [-0.15, -0.1) is 0 Å². The number of rotatable bonds is 15. The third-order valence-electron chi connectivity index (χ3n) is 7.80. The Bertz CT molecular complexity index is 685. The highest BCUT2D eigenvalue weighted by Gasteiger charge is 2.47. The number of alkyl halides is 2. The largest absolute Gasteiger partial charge is 0.481 e. The summed E-state index contributed by atoms with van der Waals surface area (Å²) < 4.78 is 36.3. The van der Waals surface area contributed by atoms with Crippen LogP contribution >= 0.6 is 0 Å². The molecule has 0 aliphatic heterocycles. The summed E-state index contributed by atoms with van der Waals surface area (Å²) in [6.45, 7) is 14.1. The van der Waals surface area contributed by atoms with E-state index < -0.39 is 26.3 Å². The van der Waals surface area contributed by atoms with Crippen LogP contribution in [0.25, 0.3) is 0 Å². The zero-order valence-corrected chi connectivity index (χ0v) is 23.5. The minimum Gasteiger partial charge on any atom is -0.481 e. The number of halogens is 2. The number of hydrogen-bond acceptors (Lipinski definition) is 3. The van der Waals surface area contributed by atoms with Crippen LogP contribution in [0.2, 0.25) is 18.1 Å². The minimum atomic E-state index is -2.85. The highest BCUT2D eigenvalue weighted by Crippen LogP contribution is 2.43. The van der Waals surface area contributed by atoms with E-state index >= 15 is 8.78 Å². The predicted molar refractivity (Wildman–Crippen MR) is 137 cm³/mol. The number of carboxylic acids is 1. The fraction of sp³-hybridized carbons (Fsp3) is 0.852. The van der Waals surface area contributed by atoms with Gasteiger partial charge in [-0.05, 0) is 62.1 Å². The zero-order chi connectivity index (χ0) is 26.2. The van der Waals surface area contributed by atoms with Crippen LogP contribution in [0.3, 0.4) is 0 Å². The number of aliphatic carboxylic acids is 1. The van der Waals surface area contributed by atoms with E-state index in [1.54, 1.807) is 6.92 Å². The van der Waals surface area contributed by atoms with E-state index in [1.165, 1.54) is 0 Å². The molecule has 0 heterocycles. The molecule has 1 N–H and O–H groups in total. The van der Waals surface area contributed by atoms with Crippen LogP contribution in [0.4, 0.5) is 8.78 Å². The fourth-order valence-electron chi connectivity index (χ4n) is 4.70. The van der Waals surface area contributed by atoms with E-state index in [0.717, 1.165) is 6.42 Å². The molecule has 0 spiro atoms. The quantitative estimate of drug-likeness (QED) is 0.140. The minimum absolute atomic E-state index is 0.0679. The lowest BCUT2D eigenvalue weighted by molar-refractivity contribution is -0.137. The summed E-state index contributed by atoms with van der Waals surface area (Å²) in [6, 6.07) is 0. The molecule has 1 saturated carbocycles. The second-order valence-electron chi connectivity index (χ2n) is 11.7. The molecule has 34 heavy (non-hydrogen) atoms. The summed E-state index contributed by atoms with van der Waals surface area (Å²) in [6.07, 6.45) is 7.45. The Balaban J connectivity index is 2.77. The highest BCUT2D eigenvalue weighted by atomic mass is 28.4. The van der Waals surface area contributed by atoms with E-state index in [9.17, 15) is 9.59 Å². The molecule has 198 valence electrons. The van der Waals surface area contributed by atoms with Gasteiger partial charge in [-0.2, -0.15) is 0 Å². The Morgan fingerprint density at radius 2 is 1.88 bits per heavy atom. The Hall–Kier alpha value is -1.08. The fourth-order valence-corrected chi connectivity index (χ4v) is 6.06. The number of hydrogen-bond donors (Lipinski definition) is 1. The molecule has 4 nitrogen and oxygen atoms in total. The molecule has 1 aliphatic rings. The van der Waals surface area contributed by atoms with Crippen LogP contribution in [-0.2, 0) is 14.0 Å². The van der Waals surface area contributed by atoms with Crippen molar-refractivity contribution in [3.63, 3.8) is 0 Å². The SMILES string of the molecule is CCCC(F)(F)[C@@H](CCC[C@H]1[C@H](C)CC(=O)[C@@H]1C/C=C\CCCC(=O)O)O[Si](C)(C)C(C)(C)C. The Labute approximate surface area is 207 Å². The summed E-state index contributed by atoms with van der Waals surface area (Å²) >= 11 is 0. The average molecular weight is 503 g/mol. The lowest BCUT2D eigenvalue weighted by atomic mass is 9.83. The van der Waals surface area contributed by atoms with E-state index in [1.807, 2.05) is 25.2 Å². The van der Waals surface area contributed by atoms with Crippen LogP contribution in [0.5, 0.6) is 0 Å². The zero-order valence-electron chi connectivity index (χ0n) is 22.5. The predicted octanol–water partition coefficient (Wildman–Crippen LogP) is 8.03. The third kappa shape index (κ3) is 9.52. The molecule has 7 heteroatoms. The molecule has 0 aromatic heterocycles. The molecule has 0 aromatic carbocycles. The summed E-state index contributed by atoms with van der Waals surface area (Å²) in [5, 5.41) is 8.59. The van der Waals surface area contributed by atoms with Crippen LogP contribution in [-0.4, -0.2) is 37.2 Å². The third-order valence-corrected chi connectivity index (χ3v) is 12.3. The van der Waals surface area contributed by atoms with E-state index in [-0.39, 0.29) is 41.4 Å². The first-order valence-corrected chi connectivity index (χ1v) is 16.0. The van der Waals surface area contributed by atoms with Crippen LogP contribution in [0, 0.1) is 17.8 Å². The molecule has 0 bridgehead atoms. The van der Waals surface area contributed by atoms with Gasteiger partial charge < -0.3 is 9.53 Å². The summed E-state index contributed by atoms with van der Waals surface area (Å²) in [5.41, 5.74) is 0. The maximum atomic E-state index is 15.0. The second-order valence-corrected chi connectivity index (χ2v) is 16.5. The lowest BCUT2D eigenvalue weighted by Gasteiger charge is -2.41. The Kier molecular flexibility index (Phi) is 12.1. The molecule has 0 unspecified atom stereocenters. The van der Waals surface area contributed by atoms with Gasteiger partial charge in [-0.25, -0.2) is 8.78 Å². The van der Waals surface area contributed by atoms with Crippen molar-refractivity contribution in [1.29, 1.82) is 0 Å². The van der Waals surface area contributed by atoms with Crippen LogP contribution in [0.1, 0.15) is 98.8 Å². The Morgan fingerprint density at radius 3 is 2.44 bits per heavy atom. The molecule has 1 fully saturated rings. The smallest absolute Gasteiger partial charge is 0.303 e. The molecular weight excluding hydrogens is 454 g/mol. The number of carbonyl (C=O) groups is 2. The molecule has 1 rings (SSSR count). The average Bonchev–Trinajstić information content (AvgIpc) is 2.95. The second kappa shape index (κ2) is 13.3. The van der Waals surface area contributed by atoms with Gasteiger partial charge in [0, 0.05) is 25.2 Å². The molecule has 1 aliphatic carbocycles. The monoisotopic (exact) mass is 502 g/mol. The van der Waals surface area contributed by atoms with E-state index in [0.29, 0.717) is 44.9 Å². The maximum Gasteiger partial charge on any atom is 0.303 e. The highest BCUT2D eigenvalue weighted by molar-refractivity contribution is 6.74. The molecule has 0 radical (unpaired) electrons. The van der Waals surface area contributed by atoms with Crippen molar-refractivity contribution in [2.75, 3.05) is 0 Å². The van der Waals surface area contributed by atoms with Gasteiger partial charge in [0.25, 0.3) is 5.92 Å². The lowest BCUT2D eigenvalue weighted by Crippen LogP contribution is -2.49. The van der Waals surface area contributed by atoms with Crippen molar-refractivity contribution in [3.8, 4) is 0 Å². The normalized spacial score (nSPS) is 23.1. The number of allylic oxidation sites excluding steroid dienone is 2. The molecular formula is C27H48F2O4Si. The number of carbonyl (C=O) groups excluding carboxylic acids is 1. The summed E-state index contributed by atoms with van der Waals surface area (Å²) in [5.74, 6) is -2.99. The van der Waals surface area contributed by atoms with Gasteiger partial charge in [-0.3, -0.25) is 9.59 Å². The standard InChI is InChI=1S/C27H48F2O4Si/c1-8-18-27(28,29)24(33-34(6,7)26(3,4)5)16-13-15-21-20(2)19-23(30)22(21)14-11-9-10-12-17-25(31)32/h9,11,20-22,24H,8,10,12-19H2,1-7H3,(H,31,32)/b11-9-/t20-,21+,22-,24-/m1/s1. The van der Waals surface area contributed by atoms with Gasteiger partial charge in [0.05, 0.1) is 0 Å². The maximum absolute atomic E-state index is 15.0. The van der Waals surface area contributed by atoms with Crippen molar-refractivity contribution < 1.29 is 27.9 Å². The first kappa shape index (κ1) is 30.9. The summed E-state index contributed by atoms with van der Waals surface area (Å²) in [7, 11) is -2.34. The number of unbranched alkanes of at least 4 members (excludes halogenated alkanes) is 1. The first-order valence-electron chi connectivity index (χ1n) is 13.1. The van der Waals surface area contributed by atoms with Crippen molar-refractivity contribution in [3.05, 3.63) is 12.2 Å². The van der Waals surface area contributed by atoms with E-state index in [2.05, 4.69) is 27.7 Å². The number of Topliss-reactive ketones (excluding diaryl/α,β-unsaturated/α-hetero) is 1. The topological polar surface area (TPSA) is 63.6 Å². The first-order chi connectivity index (χ1) is 15.6.